The maximum Gasteiger partial charge on any atom is 0.0931 e. The molecule has 0 aromatic carbocycles. The summed E-state index contributed by atoms with van der Waals surface area (Å²) in [5.41, 5.74) is 0.959. The Morgan fingerprint density at radius 3 is 2.31 bits per heavy atom. The molecule has 0 saturated heterocycles. The van der Waals surface area contributed by atoms with E-state index in [9.17, 15) is 0 Å². The third-order valence-electron chi connectivity index (χ3n) is 4.60. The lowest BCUT2D eigenvalue weighted by molar-refractivity contribution is 0.457. The quantitative estimate of drug-likeness (QED) is 0.854. The van der Waals surface area contributed by atoms with E-state index in [1.807, 2.05) is 6.07 Å². The molecule has 0 spiro atoms. The third-order valence-corrected chi connectivity index (χ3v) is 5.83. The highest BCUT2D eigenvalue weighted by molar-refractivity contribution is 7.16. The highest BCUT2D eigenvalue weighted by Crippen LogP contribution is 2.67. The zero-order valence-electron chi connectivity index (χ0n) is 10.4. The second-order valence-electron chi connectivity index (χ2n) is 5.83. The smallest absolute Gasteiger partial charge is 0.0931 e. The van der Waals surface area contributed by atoms with E-state index in [2.05, 4.69) is 39.1 Å². The molecule has 0 radical (unpaired) electrons. The van der Waals surface area contributed by atoms with E-state index in [1.54, 1.807) is 11.3 Å². The van der Waals surface area contributed by atoms with Crippen LogP contribution in [0.25, 0.3) is 0 Å². The van der Waals surface area contributed by atoms with Gasteiger partial charge in [0.05, 0.1) is 4.34 Å². The van der Waals surface area contributed by atoms with Crippen LogP contribution >= 0.6 is 22.9 Å². The molecule has 1 saturated carbocycles. The van der Waals surface area contributed by atoms with Crippen molar-refractivity contribution in [2.24, 2.45) is 16.7 Å². The van der Waals surface area contributed by atoms with Crippen LogP contribution in [0.2, 0.25) is 4.34 Å². The van der Waals surface area contributed by atoms with Gasteiger partial charge in [-0.15, -0.1) is 11.3 Å². The summed E-state index contributed by atoms with van der Waals surface area (Å²) >= 11 is 7.56. The summed E-state index contributed by atoms with van der Waals surface area (Å²) in [6, 6.07) is 4.07. The molecule has 1 N–H and O–H groups in total. The minimum atomic E-state index is 0.479. The Bertz CT molecular complexity index is 367. The van der Waals surface area contributed by atoms with Crippen LogP contribution in [0.4, 0.5) is 0 Å². The van der Waals surface area contributed by atoms with Gasteiger partial charge in [0.25, 0.3) is 0 Å². The fourth-order valence-corrected chi connectivity index (χ4v) is 3.69. The molecule has 0 amide bonds. The predicted octanol–water partition coefficient (Wildman–Crippen LogP) is 4.17. The summed E-state index contributed by atoms with van der Waals surface area (Å²) < 4.78 is 0.879. The van der Waals surface area contributed by atoms with Gasteiger partial charge < -0.3 is 5.32 Å². The fourth-order valence-electron chi connectivity index (χ4n) is 2.63. The van der Waals surface area contributed by atoms with Crippen LogP contribution in [-0.4, -0.2) is 6.54 Å². The summed E-state index contributed by atoms with van der Waals surface area (Å²) in [4.78, 5) is 1.32. The molecule has 1 aliphatic rings. The second kappa shape index (κ2) is 4.01. The molecule has 1 aromatic rings. The zero-order valence-corrected chi connectivity index (χ0v) is 12.0. The summed E-state index contributed by atoms with van der Waals surface area (Å²) in [5, 5.41) is 3.54. The maximum absolute atomic E-state index is 5.90. The molecule has 3 heteroatoms. The second-order valence-corrected chi connectivity index (χ2v) is 7.63. The molecule has 1 heterocycles. The normalized spacial score (nSPS) is 22.3. The van der Waals surface area contributed by atoms with E-state index in [0.717, 1.165) is 23.3 Å². The van der Waals surface area contributed by atoms with Crippen molar-refractivity contribution in [3.05, 3.63) is 21.3 Å². The van der Waals surface area contributed by atoms with Gasteiger partial charge in [0.15, 0.2) is 0 Å². The molecule has 1 nitrogen and oxygen atoms in total. The summed E-state index contributed by atoms with van der Waals surface area (Å²) in [5.74, 6) is 0.787. The van der Waals surface area contributed by atoms with Gasteiger partial charge in [0, 0.05) is 11.4 Å². The van der Waals surface area contributed by atoms with Crippen LogP contribution in [-0.2, 0) is 6.54 Å². The summed E-state index contributed by atoms with van der Waals surface area (Å²) in [6.07, 6.45) is 0. The lowest BCUT2D eigenvalue weighted by Gasteiger charge is -2.04. The lowest BCUT2D eigenvalue weighted by atomic mass is 10.0. The minimum Gasteiger partial charge on any atom is -0.312 e. The van der Waals surface area contributed by atoms with Gasteiger partial charge in [0.1, 0.15) is 0 Å². The molecule has 0 unspecified atom stereocenters. The predicted molar refractivity (Wildman–Crippen MR) is 72.1 cm³/mol. The Kier molecular flexibility index (Phi) is 3.11. The Hall–Kier alpha value is -0.0500. The van der Waals surface area contributed by atoms with Crippen molar-refractivity contribution in [3.63, 3.8) is 0 Å². The van der Waals surface area contributed by atoms with Crippen molar-refractivity contribution in [2.45, 2.75) is 34.2 Å². The zero-order chi connectivity index (χ0) is 12.0. The average Bonchev–Trinajstić information content (AvgIpc) is 2.53. The van der Waals surface area contributed by atoms with Gasteiger partial charge >= 0.3 is 0 Å². The fraction of sp³-hybridized carbons (Fsp3) is 0.692. The van der Waals surface area contributed by atoms with Crippen LogP contribution in [0.15, 0.2) is 12.1 Å². The molecule has 0 aliphatic heterocycles. The van der Waals surface area contributed by atoms with Crippen LogP contribution in [0, 0.1) is 16.7 Å². The van der Waals surface area contributed by atoms with Crippen LogP contribution in [0.5, 0.6) is 0 Å². The molecule has 1 fully saturated rings. The van der Waals surface area contributed by atoms with Gasteiger partial charge in [-0.1, -0.05) is 39.3 Å². The maximum atomic E-state index is 5.90. The van der Waals surface area contributed by atoms with Crippen LogP contribution < -0.4 is 5.32 Å². The molecule has 1 aromatic heterocycles. The van der Waals surface area contributed by atoms with Crippen molar-refractivity contribution in [2.75, 3.05) is 6.54 Å². The molecule has 16 heavy (non-hydrogen) atoms. The first-order valence-electron chi connectivity index (χ1n) is 5.80. The first-order chi connectivity index (χ1) is 7.35. The molecule has 1 aliphatic carbocycles. The standard InChI is InChI=1S/C13H20ClNS/c1-12(2)10(13(12,3)4)8-15-7-9-5-6-11(14)16-9/h5-6,10,15H,7-8H2,1-4H3. The number of nitrogens with one attached hydrogen (secondary N) is 1. The van der Waals surface area contributed by atoms with Crippen molar-refractivity contribution in [1.82, 2.24) is 5.32 Å². The average molecular weight is 258 g/mol. The van der Waals surface area contributed by atoms with Crippen molar-refractivity contribution in [1.29, 1.82) is 0 Å². The molecular weight excluding hydrogens is 238 g/mol. The van der Waals surface area contributed by atoms with Gasteiger partial charge in [-0.05, 0) is 35.4 Å². The molecular formula is C13H20ClNS. The topological polar surface area (TPSA) is 12.0 Å². The van der Waals surface area contributed by atoms with Crippen LogP contribution in [0.3, 0.4) is 0 Å². The van der Waals surface area contributed by atoms with E-state index < -0.39 is 0 Å². The number of rotatable bonds is 4. The van der Waals surface area contributed by atoms with E-state index in [1.165, 1.54) is 4.88 Å². The van der Waals surface area contributed by atoms with Crippen LogP contribution in [0.1, 0.15) is 32.6 Å². The van der Waals surface area contributed by atoms with Gasteiger partial charge in [-0.2, -0.15) is 0 Å². The monoisotopic (exact) mass is 257 g/mol. The Balaban J connectivity index is 1.78. The number of thiophene rings is 1. The van der Waals surface area contributed by atoms with Gasteiger partial charge in [0.2, 0.25) is 0 Å². The highest BCUT2D eigenvalue weighted by atomic mass is 35.5. The number of hydrogen-bond donors (Lipinski definition) is 1. The number of hydrogen-bond acceptors (Lipinski definition) is 2. The molecule has 0 bridgehead atoms. The third kappa shape index (κ3) is 2.03. The van der Waals surface area contributed by atoms with E-state index in [-0.39, 0.29) is 0 Å². The van der Waals surface area contributed by atoms with Crippen molar-refractivity contribution >= 4 is 22.9 Å². The Morgan fingerprint density at radius 2 is 1.88 bits per heavy atom. The number of halogens is 1. The molecule has 2 rings (SSSR count). The van der Waals surface area contributed by atoms with E-state index >= 15 is 0 Å². The van der Waals surface area contributed by atoms with Gasteiger partial charge in [-0.25, -0.2) is 0 Å². The highest BCUT2D eigenvalue weighted by Gasteiger charge is 2.63. The lowest BCUT2D eigenvalue weighted by Crippen LogP contribution is -2.18. The first-order valence-corrected chi connectivity index (χ1v) is 7.00. The van der Waals surface area contributed by atoms with Crippen molar-refractivity contribution < 1.29 is 0 Å². The minimum absolute atomic E-state index is 0.479. The largest absolute Gasteiger partial charge is 0.312 e. The van der Waals surface area contributed by atoms with Crippen molar-refractivity contribution in [3.8, 4) is 0 Å². The molecule has 0 atom stereocenters. The Morgan fingerprint density at radius 1 is 1.25 bits per heavy atom. The van der Waals surface area contributed by atoms with E-state index in [4.69, 9.17) is 11.6 Å². The SMILES string of the molecule is CC1(C)C(CNCc2ccc(Cl)s2)C1(C)C. The molecule has 90 valence electrons. The summed E-state index contributed by atoms with van der Waals surface area (Å²) in [6.45, 7) is 11.5. The van der Waals surface area contributed by atoms with E-state index in [0.29, 0.717) is 10.8 Å². The Labute approximate surface area is 107 Å². The first kappa shape index (κ1) is 12.4. The van der Waals surface area contributed by atoms with Gasteiger partial charge in [-0.3, -0.25) is 0 Å². The summed E-state index contributed by atoms with van der Waals surface area (Å²) in [7, 11) is 0.